The van der Waals surface area contributed by atoms with Gasteiger partial charge in [-0.15, -0.1) is 0 Å². The monoisotopic (exact) mass is 339 g/mol. The van der Waals surface area contributed by atoms with Crippen molar-refractivity contribution < 1.29 is 0 Å². The highest BCUT2D eigenvalue weighted by atomic mass is 79.9. The van der Waals surface area contributed by atoms with Crippen LogP contribution in [0.3, 0.4) is 0 Å². The third-order valence-electron chi connectivity index (χ3n) is 2.81. The van der Waals surface area contributed by atoms with Crippen molar-refractivity contribution >= 4 is 33.3 Å². The minimum atomic E-state index is 0.701. The highest BCUT2D eigenvalue weighted by Crippen LogP contribution is 2.24. The molecule has 0 aliphatic heterocycles. The molecule has 0 aliphatic carbocycles. The Kier molecular flexibility index (Phi) is 4.77. The van der Waals surface area contributed by atoms with E-state index in [2.05, 4.69) is 38.1 Å². The fraction of sp³-hybridized carbons (Fsp3) is 0.286. The molecule has 0 bridgehead atoms. The van der Waals surface area contributed by atoms with Crippen LogP contribution in [0.1, 0.15) is 24.0 Å². The van der Waals surface area contributed by atoms with Crippen LogP contribution >= 0.6 is 27.5 Å². The lowest BCUT2D eigenvalue weighted by Gasteiger charge is -2.10. The van der Waals surface area contributed by atoms with Gasteiger partial charge in [0.1, 0.15) is 11.6 Å². The van der Waals surface area contributed by atoms with E-state index in [4.69, 9.17) is 11.6 Å². The Morgan fingerprint density at radius 1 is 1.21 bits per heavy atom. The zero-order valence-corrected chi connectivity index (χ0v) is 13.2. The zero-order valence-electron chi connectivity index (χ0n) is 10.9. The topological polar surface area (TPSA) is 37.8 Å². The lowest BCUT2D eigenvalue weighted by Crippen LogP contribution is -2.06. The molecule has 0 spiro atoms. The molecule has 0 radical (unpaired) electrons. The summed E-state index contributed by atoms with van der Waals surface area (Å²) in [7, 11) is 1.86. The highest BCUT2D eigenvalue weighted by Gasteiger charge is 2.10. The van der Waals surface area contributed by atoms with E-state index in [0.717, 1.165) is 38.8 Å². The van der Waals surface area contributed by atoms with Gasteiger partial charge in [0.25, 0.3) is 0 Å². The fourth-order valence-corrected chi connectivity index (χ4v) is 2.59. The largest absolute Gasteiger partial charge is 0.372 e. The molecule has 0 saturated carbocycles. The van der Waals surface area contributed by atoms with Crippen LogP contribution in [0.15, 0.2) is 28.7 Å². The maximum Gasteiger partial charge on any atom is 0.144 e. The summed E-state index contributed by atoms with van der Waals surface area (Å²) in [5, 5.41) is 3.83. The van der Waals surface area contributed by atoms with Crippen molar-refractivity contribution in [2.24, 2.45) is 0 Å². The molecule has 1 aromatic heterocycles. The van der Waals surface area contributed by atoms with Crippen LogP contribution in [-0.2, 0) is 12.8 Å². The van der Waals surface area contributed by atoms with Gasteiger partial charge in [-0.05, 0) is 40.0 Å². The average molecular weight is 341 g/mol. The van der Waals surface area contributed by atoms with Gasteiger partial charge in [0.05, 0.1) is 10.2 Å². The van der Waals surface area contributed by atoms with Gasteiger partial charge in [0.15, 0.2) is 0 Å². The molecule has 19 heavy (non-hydrogen) atoms. The minimum absolute atomic E-state index is 0.701. The second-order valence-corrected chi connectivity index (χ2v) is 5.39. The van der Waals surface area contributed by atoms with Crippen LogP contribution in [0.2, 0.25) is 5.02 Å². The molecular formula is C14H15BrClN3. The number of aryl methyl sites for hydroxylation is 1. The standard InChI is InChI=1S/C14H15BrClN3/c1-3-11-13(15)14(17-2)19-12(18-11)8-9-4-6-10(16)7-5-9/h4-7H,3,8H2,1-2H3,(H,17,18,19). The van der Waals surface area contributed by atoms with E-state index < -0.39 is 0 Å². The van der Waals surface area contributed by atoms with Crippen LogP contribution in [0.4, 0.5) is 5.82 Å². The molecule has 0 atom stereocenters. The molecule has 2 aromatic rings. The summed E-state index contributed by atoms with van der Waals surface area (Å²) in [6.45, 7) is 2.08. The fourth-order valence-electron chi connectivity index (χ4n) is 1.81. The van der Waals surface area contributed by atoms with Gasteiger partial charge < -0.3 is 5.32 Å². The first-order chi connectivity index (χ1) is 9.13. The van der Waals surface area contributed by atoms with E-state index in [1.54, 1.807) is 0 Å². The Morgan fingerprint density at radius 3 is 2.47 bits per heavy atom. The van der Waals surface area contributed by atoms with E-state index in [1.165, 1.54) is 0 Å². The highest BCUT2D eigenvalue weighted by molar-refractivity contribution is 9.10. The molecule has 1 aromatic carbocycles. The van der Waals surface area contributed by atoms with E-state index >= 15 is 0 Å². The zero-order chi connectivity index (χ0) is 13.8. The van der Waals surface area contributed by atoms with Crippen molar-refractivity contribution in [3.05, 3.63) is 50.8 Å². The summed E-state index contributed by atoms with van der Waals surface area (Å²) >= 11 is 9.41. The molecule has 0 fully saturated rings. The lowest BCUT2D eigenvalue weighted by atomic mass is 10.1. The summed E-state index contributed by atoms with van der Waals surface area (Å²) in [5.41, 5.74) is 2.17. The predicted molar refractivity (Wildman–Crippen MR) is 82.9 cm³/mol. The smallest absolute Gasteiger partial charge is 0.144 e. The lowest BCUT2D eigenvalue weighted by molar-refractivity contribution is 0.898. The summed E-state index contributed by atoms with van der Waals surface area (Å²) in [5.74, 6) is 1.64. The number of hydrogen-bond acceptors (Lipinski definition) is 3. The van der Waals surface area contributed by atoms with Crippen molar-refractivity contribution in [3.8, 4) is 0 Å². The molecule has 1 heterocycles. The third-order valence-corrected chi connectivity index (χ3v) is 3.90. The van der Waals surface area contributed by atoms with Crippen LogP contribution in [0, 0.1) is 0 Å². The molecular weight excluding hydrogens is 326 g/mol. The number of aromatic nitrogens is 2. The molecule has 5 heteroatoms. The molecule has 2 rings (SSSR count). The maximum absolute atomic E-state index is 5.88. The van der Waals surface area contributed by atoms with E-state index in [-0.39, 0.29) is 0 Å². The van der Waals surface area contributed by atoms with Crippen molar-refractivity contribution in [1.29, 1.82) is 0 Å². The second-order valence-electron chi connectivity index (χ2n) is 4.16. The van der Waals surface area contributed by atoms with Gasteiger partial charge in [-0.1, -0.05) is 30.7 Å². The summed E-state index contributed by atoms with van der Waals surface area (Å²) in [6.07, 6.45) is 1.57. The number of rotatable bonds is 4. The van der Waals surface area contributed by atoms with Crippen LogP contribution in [0.25, 0.3) is 0 Å². The maximum atomic E-state index is 5.88. The molecule has 3 nitrogen and oxygen atoms in total. The average Bonchev–Trinajstić information content (AvgIpc) is 2.43. The van der Waals surface area contributed by atoms with E-state index in [9.17, 15) is 0 Å². The third kappa shape index (κ3) is 3.45. The normalized spacial score (nSPS) is 10.5. The van der Waals surface area contributed by atoms with Crippen LogP contribution < -0.4 is 5.32 Å². The number of halogens is 2. The molecule has 0 saturated heterocycles. The predicted octanol–water partition coefficient (Wildman–Crippen LogP) is 4.09. The molecule has 0 amide bonds. The SMILES string of the molecule is CCc1nc(Cc2ccc(Cl)cc2)nc(NC)c1Br. The minimum Gasteiger partial charge on any atom is -0.372 e. The first kappa shape index (κ1) is 14.3. The van der Waals surface area contributed by atoms with Gasteiger partial charge in [-0.2, -0.15) is 0 Å². The van der Waals surface area contributed by atoms with Crippen LogP contribution in [-0.4, -0.2) is 17.0 Å². The van der Waals surface area contributed by atoms with Crippen molar-refractivity contribution in [2.45, 2.75) is 19.8 Å². The van der Waals surface area contributed by atoms with Crippen molar-refractivity contribution in [3.63, 3.8) is 0 Å². The first-order valence-electron chi connectivity index (χ1n) is 6.11. The molecule has 1 N–H and O–H groups in total. The Bertz CT molecular complexity index is 544. The van der Waals surface area contributed by atoms with Gasteiger partial charge in [-0.25, -0.2) is 9.97 Å². The quantitative estimate of drug-likeness (QED) is 0.911. The molecule has 0 aliphatic rings. The molecule has 0 unspecified atom stereocenters. The summed E-state index contributed by atoms with van der Waals surface area (Å²) in [6, 6.07) is 7.77. The number of nitrogens with zero attached hydrogens (tertiary/aromatic N) is 2. The van der Waals surface area contributed by atoms with Crippen LogP contribution in [0.5, 0.6) is 0 Å². The van der Waals surface area contributed by atoms with E-state index in [1.807, 2.05) is 31.3 Å². The second kappa shape index (κ2) is 6.35. The Labute approximate surface area is 126 Å². The van der Waals surface area contributed by atoms with Crippen molar-refractivity contribution in [1.82, 2.24) is 9.97 Å². The van der Waals surface area contributed by atoms with Gasteiger partial charge >= 0.3 is 0 Å². The van der Waals surface area contributed by atoms with Gasteiger partial charge in [-0.3, -0.25) is 0 Å². The number of benzene rings is 1. The summed E-state index contributed by atoms with van der Waals surface area (Å²) in [4.78, 5) is 9.10. The van der Waals surface area contributed by atoms with Gasteiger partial charge in [0, 0.05) is 18.5 Å². The first-order valence-corrected chi connectivity index (χ1v) is 7.28. The Hall–Kier alpha value is -1.13. The Morgan fingerprint density at radius 2 is 1.89 bits per heavy atom. The Balaban J connectivity index is 2.32. The molecule has 100 valence electrons. The number of hydrogen-bond donors (Lipinski definition) is 1. The summed E-state index contributed by atoms with van der Waals surface area (Å²) < 4.78 is 0.942. The van der Waals surface area contributed by atoms with E-state index in [0.29, 0.717) is 6.42 Å². The number of nitrogens with one attached hydrogen (secondary N) is 1. The van der Waals surface area contributed by atoms with Crippen molar-refractivity contribution in [2.75, 3.05) is 12.4 Å². The van der Waals surface area contributed by atoms with Gasteiger partial charge in [0.2, 0.25) is 0 Å². The number of anilines is 1.